The normalized spacial score (nSPS) is 16.3. The average Bonchev–Trinajstić information content (AvgIpc) is 3.09. The molecule has 5 nitrogen and oxygen atoms in total. The van der Waals surface area contributed by atoms with Crippen molar-refractivity contribution in [1.82, 2.24) is 4.57 Å². The molecule has 4 rings (SSSR count). The van der Waals surface area contributed by atoms with E-state index in [-0.39, 0.29) is 12.2 Å². The second-order valence-electron chi connectivity index (χ2n) is 7.01. The van der Waals surface area contributed by atoms with Gasteiger partial charge in [0.2, 0.25) is 0 Å². The van der Waals surface area contributed by atoms with Crippen LogP contribution in [-0.2, 0) is 9.53 Å². The Bertz CT molecular complexity index is 1330. The highest BCUT2D eigenvalue weighted by molar-refractivity contribution is 7.07. The van der Waals surface area contributed by atoms with Crippen molar-refractivity contribution in [3.8, 4) is 0 Å². The van der Waals surface area contributed by atoms with Crippen LogP contribution in [-0.4, -0.2) is 17.1 Å². The van der Waals surface area contributed by atoms with Crippen LogP contribution in [0.25, 0.3) is 12.2 Å². The summed E-state index contributed by atoms with van der Waals surface area (Å²) in [6.45, 7) is 3.81. The Kier molecular flexibility index (Phi) is 6.09. The average molecular weight is 431 g/mol. The van der Waals surface area contributed by atoms with Crippen LogP contribution in [0.5, 0.6) is 0 Å². The minimum Gasteiger partial charge on any atom is -0.463 e. The summed E-state index contributed by atoms with van der Waals surface area (Å²) in [6, 6.07) is 18.8. The highest BCUT2D eigenvalue weighted by atomic mass is 32.1. The summed E-state index contributed by atoms with van der Waals surface area (Å²) in [5.74, 6) is -0.448. The molecular weight excluding hydrogens is 408 g/mol. The van der Waals surface area contributed by atoms with Crippen molar-refractivity contribution in [1.29, 1.82) is 0 Å². The van der Waals surface area contributed by atoms with Crippen molar-refractivity contribution >= 4 is 29.5 Å². The van der Waals surface area contributed by atoms with Crippen molar-refractivity contribution in [2.45, 2.75) is 19.9 Å². The fourth-order valence-electron chi connectivity index (χ4n) is 3.57. The monoisotopic (exact) mass is 430 g/mol. The van der Waals surface area contributed by atoms with E-state index in [1.807, 2.05) is 72.8 Å². The minimum absolute atomic E-state index is 0.176. The minimum atomic E-state index is -0.572. The maximum absolute atomic E-state index is 13.3. The van der Waals surface area contributed by atoms with Gasteiger partial charge in [0.1, 0.15) is 0 Å². The van der Waals surface area contributed by atoms with Crippen LogP contribution >= 0.6 is 11.3 Å². The second kappa shape index (κ2) is 9.10. The highest BCUT2D eigenvalue weighted by Gasteiger charge is 2.33. The summed E-state index contributed by atoms with van der Waals surface area (Å²) in [4.78, 5) is 31.3. The number of hydrogen-bond acceptors (Lipinski definition) is 5. The topological polar surface area (TPSA) is 60.7 Å². The lowest BCUT2D eigenvalue weighted by molar-refractivity contribution is -0.139. The molecule has 2 heterocycles. The molecule has 0 bridgehead atoms. The number of aromatic nitrogens is 1. The molecule has 156 valence electrons. The molecule has 1 aliphatic heterocycles. The molecule has 0 radical (unpaired) electrons. The summed E-state index contributed by atoms with van der Waals surface area (Å²) in [7, 11) is 0. The molecule has 0 fully saturated rings. The first-order chi connectivity index (χ1) is 15.1. The first kappa shape index (κ1) is 20.8. The maximum Gasteiger partial charge on any atom is 0.338 e. The van der Waals surface area contributed by atoms with Gasteiger partial charge in [-0.3, -0.25) is 9.36 Å². The number of ether oxygens (including phenoxy) is 1. The number of carbonyl (C=O) groups excluding carboxylic acids is 1. The fraction of sp³-hybridized carbons (Fsp3) is 0.160. The smallest absolute Gasteiger partial charge is 0.338 e. The fourth-order valence-corrected chi connectivity index (χ4v) is 4.57. The van der Waals surface area contributed by atoms with E-state index in [2.05, 4.69) is 4.99 Å². The van der Waals surface area contributed by atoms with Gasteiger partial charge < -0.3 is 4.74 Å². The van der Waals surface area contributed by atoms with Gasteiger partial charge in [0.25, 0.3) is 5.56 Å². The van der Waals surface area contributed by atoms with E-state index >= 15 is 0 Å². The summed E-state index contributed by atoms with van der Waals surface area (Å²) < 4.78 is 7.45. The van der Waals surface area contributed by atoms with E-state index in [0.717, 1.165) is 11.1 Å². The Morgan fingerprint density at radius 1 is 1.13 bits per heavy atom. The quantitative estimate of drug-likeness (QED) is 0.583. The second-order valence-corrected chi connectivity index (χ2v) is 8.01. The van der Waals surface area contributed by atoms with Gasteiger partial charge >= 0.3 is 5.97 Å². The number of allylic oxidation sites excluding steroid dienone is 2. The molecular formula is C25H22N2O3S. The number of thiazole rings is 1. The van der Waals surface area contributed by atoms with Gasteiger partial charge in [0.15, 0.2) is 4.80 Å². The first-order valence-electron chi connectivity index (χ1n) is 10.1. The number of hydrogen-bond donors (Lipinski definition) is 0. The molecule has 0 saturated carbocycles. The zero-order valence-electron chi connectivity index (χ0n) is 17.3. The number of rotatable bonds is 5. The number of carbonyl (C=O) groups is 1. The van der Waals surface area contributed by atoms with Crippen molar-refractivity contribution in [2.24, 2.45) is 4.99 Å². The Balaban J connectivity index is 1.85. The number of fused-ring (bicyclic) bond motifs is 1. The van der Waals surface area contributed by atoms with Crippen LogP contribution in [0.2, 0.25) is 0 Å². The predicted octanol–water partition coefficient (Wildman–Crippen LogP) is 3.46. The molecule has 0 saturated heterocycles. The van der Waals surface area contributed by atoms with E-state index in [0.29, 0.717) is 20.6 Å². The van der Waals surface area contributed by atoms with E-state index in [1.54, 1.807) is 24.5 Å². The third-order valence-corrected chi connectivity index (χ3v) is 5.97. The van der Waals surface area contributed by atoms with Crippen molar-refractivity contribution in [2.75, 3.05) is 6.61 Å². The molecule has 0 N–H and O–H groups in total. The Labute approximate surface area is 184 Å². The van der Waals surface area contributed by atoms with Gasteiger partial charge in [-0.2, -0.15) is 0 Å². The van der Waals surface area contributed by atoms with Crippen LogP contribution in [0.1, 0.15) is 31.0 Å². The van der Waals surface area contributed by atoms with Gasteiger partial charge in [-0.1, -0.05) is 84.2 Å². The zero-order chi connectivity index (χ0) is 21.8. The molecule has 2 aromatic carbocycles. The molecule has 3 aromatic rings. The van der Waals surface area contributed by atoms with Gasteiger partial charge in [0.05, 0.1) is 28.5 Å². The van der Waals surface area contributed by atoms with E-state index < -0.39 is 12.0 Å². The molecule has 6 heteroatoms. The van der Waals surface area contributed by atoms with Crippen molar-refractivity contribution < 1.29 is 9.53 Å². The van der Waals surface area contributed by atoms with E-state index in [4.69, 9.17) is 4.74 Å². The van der Waals surface area contributed by atoms with Crippen LogP contribution in [0.4, 0.5) is 0 Å². The van der Waals surface area contributed by atoms with Crippen molar-refractivity contribution in [3.63, 3.8) is 0 Å². The molecule has 0 spiro atoms. The van der Waals surface area contributed by atoms with Gasteiger partial charge in [0, 0.05) is 0 Å². The maximum atomic E-state index is 13.3. The SMILES string of the molecule is CCOC(=O)C1=C(C)N=c2sc(=C/C=C\c3ccccc3)c(=O)n2[C@@H]1c1ccccc1. The Hall–Kier alpha value is -3.51. The molecule has 0 unspecified atom stereocenters. The van der Waals surface area contributed by atoms with Crippen molar-refractivity contribution in [3.05, 3.63) is 109 Å². The van der Waals surface area contributed by atoms with Crippen LogP contribution in [0.15, 0.2) is 87.8 Å². The lowest BCUT2D eigenvalue weighted by atomic mass is 9.96. The lowest BCUT2D eigenvalue weighted by Gasteiger charge is -2.24. The molecule has 0 aliphatic carbocycles. The summed E-state index contributed by atoms with van der Waals surface area (Å²) in [5.41, 5.74) is 2.68. The molecule has 1 atom stereocenters. The Morgan fingerprint density at radius 2 is 1.81 bits per heavy atom. The van der Waals surface area contributed by atoms with E-state index in [9.17, 15) is 9.59 Å². The largest absolute Gasteiger partial charge is 0.463 e. The number of esters is 1. The molecule has 31 heavy (non-hydrogen) atoms. The molecule has 1 aliphatic rings. The van der Waals surface area contributed by atoms with Crippen LogP contribution in [0.3, 0.4) is 0 Å². The molecule has 1 aromatic heterocycles. The zero-order valence-corrected chi connectivity index (χ0v) is 18.1. The standard InChI is InChI=1S/C25H22N2O3S/c1-3-30-24(29)21-17(2)26-25-27(22(21)19-14-8-5-9-15-19)23(28)20(31-25)16-10-13-18-11-6-4-7-12-18/h4-16,22H,3H2,1-2H3/b13-10-,20-16?/t22-/m1/s1. The summed E-state index contributed by atoms with van der Waals surface area (Å²) in [5, 5.41) is 0. The van der Waals surface area contributed by atoms with E-state index in [1.165, 1.54) is 11.3 Å². The van der Waals surface area contributed by atoms with Gasteiger partial charge in [-0.25, -0.2) is 9.79 Å². The lowest BCUT2D eigenvalue weighted by Crippen LogP contribution is -2.39. The molecule has 0 amide bonds. The van der Waals surface area contributed by atoms with Gasteiger partial charge in [-0.05, 0) is 31.1 Å². The third kappa shape index (κ3) is 4.20. The van der Waals surface area contributed by atoms with Gasteiger partial charge in [-0.15, -0.1) is 0 Å². The van der Waals surface area contributed by atoms with Crippen LogP contribution < -0.4 is 14.9 Å². The number of benzene rings is 2. The summed E-state index contributed by atoms with van der Waals surface area (Å²) >= 11 is 1.32. The van der Waals surface area contributed by atoms with Crippen LogP contribution in [0, 0.1) is 0 Å². The summed E-state index contributed by atoms with van der Waals surface area (Å²) in [6.07, 6.45) is 5.60. The number of nitrogens with zero attached hydrogens (tertiary/aromatic N) is 2. The highest BCUT2D eigenvalue weighted by Crippen LogP contribution is 2.30. The first-order valence-corrected chi connectivity index (χ1v) is 10.9. The predicted molar refractivity (Wildman–Crippen MR) is 123 cm³/mol. The Morgan fingerprint density at radius 3 is 2.48 bits per heavy atom. The third-order valence-electron chi connectivity index (χ3n) is 4.97.